The molecule has 0 radical (unpaired) electrons. The highest BCUT2D eigenvalue weighted by Gasteiger charge is 2.10. The van der Waals surface area contributed by atoms with Gasteiger partial charge in [-0.3, -0.25) is 4.79 Å². The second-order valence-electron chi connectivity index (χ2n) is 3.81. The van der Waals surface area contributed by atoms with Gasteiger partial charge in [-0.2, -0.15) is 11.8 Å². The molecule has 0 saturated carbocycles. The fourth-order valence-electron chi connectivity index (χ4n) is 1.77. The van der Waals surface area contributed by atoms with E-state index in [1.54, 1.807) is 18.9 Å². The van der Waals surface area contributed by atoms with Gasteiger partial charge in [0.1, 0.15) is 5.75 Å². The molecule has 16 heavy (non-hydrogen) atoms. The largest absolute Gasteiger partial charge is 0.496 e. The monoisotopic (exact) mass is 238 g/mol. The number of ketones is 1. The van der Waals surface area contributed by atoms with Crippen molar-refractivity contribution in [2.24, 2.45) is 0 Å². The summed E-state index contributed by atoms with van der Waals surface area (Å²) in [5, 5.41) is 0. The topological polar surface area (TPSA) is 26.3 Å². The first-order valence-electron chi connectivity index (χ1n) is 5.27. The van der Waals surface area contributed by atoms with Crippen molar-refractivity contribution in [1.29, 1.82) is 0 Å². The van der Waals surface area contributed by atoms with Gasteiger partial charge >= 0.3 is 0 Å². The van der Waals surface area contributed by atoms with Crippen molar-refractivity contribution in [3.8, 4) is 5.75 Å². The Morgan fingerprint density at radius 2 is 1.88 bits per heavy atom. The Bertz CT molecular complexity index is 363. The molecule has 0 amide bonds. The third-order valence-electron chi connectivity index (χ3n) is 2.52. The molecule has 0 unspecified atom stereocenters. The molecule has 1 aromatic carbocycles. The quantitative estimate of drug-likeness (QED) is 0.737. The van der Waals surface area contributed by atoms with Crippen molar-refractivity contribution in [2.75, 3.05) is 19.1 Å². The molecular formula is C13H18O2S. The predicted octanol–water partition coefficient (Wildman–Crippen LogP) is 3.25. The first-order chi connectivity index (χ1) is 7.60. The molecule has 0 fully saturated rings. The molecule has 0 atom stereocenters. The van der Waals surface area contributed by atoms with Crippen LogP contribution in [0.1, 0.15) is 27.9 Å². The molecule has 88 valence electrons. The van der Waals surface area contributed by atoms with Crippen molar-refractivity contribution in [3.63, 3.8) is 0 Å². The molecule has 0 aliphatic heterocycles. The Balaban J connectivity index is 2.95. The maximum atomic E-state index is 11.9. The van der Waals surface area contributed by atoms with E-state index in [0.717, 1.165) is 28.2 Å². The summed E-state index contributed by atoms with van der Waals surface area (Å²) in [6, 6.07) is 3.82. The van der Waals surface area contributed by atoms with Gasteiger partial charge in [0, 0.05) is 17.7 Å². The third kappa shape index (κ3) is 3.01. The molecule has 0 aliphatic rings. The number of rotatable bonds is 5. The molecular weight excluding hydrogens is 220 g/mol. The van der Waals surface area contributed by atoms with E-state index in [2.05, 4.69) is 0 Å². The van der Waals surface area contributed by atoms with E-state index in [1.807, 2.05) is 32.2 Å². The van der Waals surface area contributed by atoms with Crippen LogP contribution in [0.15, 0.2) is 12.1 Å². The van der Waals surface area contributed by atoms with E-state index in [-0.39, 0.29) is 5.78 Å². The Morgan fingerprint density at radius 3 is 2.31 bits per heavy atom. The van der Waals surface area contributed by atoms with E-state index in [9.17, 15) is 4.79 Å². The summed E-state index contributed by atoms with van der Waals surface area (Å²) in [6.07, 6.45) is 2.62. The van der Waals surface area contributed by atoms with Crippen LogP contribution in [-0.2, 0) is 0 Å². The molecule has 0 heterocycles. The minimum atomic E-state index is 0.211. The minimum absolute atomic E-state index is 0.211. The average molecular weight is 238 g/mol. The van der Waals surface area contributed by atoms with Crippen LogP contribution in [0.25, 0.3) is 0 Å². The van der Waals surface area contributed by atoms with Crippen molar-refractivity contribution < 1.29 is 9.53 Å². The normalized spacial score (nSPS) is 10.2. The zero-order valence-electron chi connectivity index (χ0n) is 10.3. The molecule has 0 spiro atoms. The number of methoxy groups -OCH3 is 1. The van der Waals surface area contributed by atoms with Crippen LogP contribution >= 0.6 is 11.8 Å². The molecule has 0 aromatic heterocycles. The SMILES string of the molecule is COc1c(C)cc(C(=O)CCSC)cc1C. The van der Waals surface area contributed by atoms with Crippen LogP contribution < -0.4 is 4.74 Å². The number of carbonyl (C=O) groups excluding carboxylic acids is 1. The van der Waals surface area contributed by atoms with Crippen molar-refractivity contribution in [3.05, 3.63) is 28.8 Å². The Labute approximate surface area is 101 Å². The summed E-state index contributed by atoms with van der Waals surface area (Å²) in [5.74, 6) is 1.97. The van der Waals surface area contributed by atoms with Crippen LogP contribution in [0.4, 0.5) is 0 Å². The Morgan fingerprint density at radius 1 is 1.31 bits per heavy atom. The lowest BCUT2D eigenvalue weighted by atomic mass is 10.0. The van der Waals surface area contributed by atoms with Crippen LogP contribution in [-0.4, -0.2) is 24.9 Å². The summed E-state index contributed by atoms with van der Waals surface area (Å²) < 4.78 is 5.28. The first kappa shape index (κ1) is 13.1. The van der Waals surface area contributed by atoms with E-state index in [1.165, 1.54) is 0 Å². The molecule has 0 N–H and O–H groups in total. The van der Waals surface area contributed by atoms with E-state index < -0.39 is 0 Å². The number of Topliss-reactive ketones (excluding diaryl/α,β-unsaturated/α-hetero) is 1. The lowest BCUT2D eigenvalue weighted by molar-refractivity contribution is 0.0989. The number of carbonyl (C=O) groups is 1. The highest BCUT2D eigenvalue weighted by molar-refractivity contribution is 7.98. The summed E-state index contributed by atoms with van der Waals surface area (Å²) >= 11 is 1.70. The number of benzene rings is 1. The fourth-order valence-corrected chi connectivity index (χ4v) is 2.16. The number of hydrogen-bond donors (Lipinski definition) is 0. The average Bonchev–Trinajstić information content (AvgIpc) is 2.25. The van der Waals surface area contributed by atoms with Crippen LogP contribution in [0.5, 0.6) is 5.75 Å². The highest BCUT2D eigenvalue weighted by atomic mass is 32.2. The van der Waals surface area contributed by atoms with Crippen molar-refractivity contribution >= 4 is 17.5 Å². The smallest absolute Gasteiger partial charge is 0.163 e. The van der Waals surface area contributed by atoms with Gasteiger partial charge in [0.2, 0.25) is 0 Å². The molecule has 1 rings (SSSR count). The fraction of sp³-hybridized carbons (Fsp3) is 0.462. The van der Waals surface area contributed by atoms with Crippen LogP contribution in [0.3, 0.4) is 0 Å². The van der Waals surface area contributed by atoms with Gasteiger partial charge in [-0.15, -0.1) is 0 Å². The van der Waals surface area contributed by atoms with E-state index >= 15 is 0 Å². The molecule has 0 saturated heterocycles. The van der Waals surface area contributed by atoms with Crippen LogP contribution in [0.2, 0.25) is 0 Å². The highest BCUT2D eigenvalue weighted by Crippen LogP contribution is 2.24. The summed E-state index contributed by atoms with van der Waals surface area (Å²) in [7, 11) is 1.66. The Hall–Kier alpha value is -0.960. The predicted molar refractivity (Wildman–Crippen MR) is 69.8 cm³/mol. The maximum Gasteiger partial charge on any atom is 0.163 e. The summed E-state index contributed by atoms with van der Waals surface area (Å²) in [5.41, 5.74) is 2.84. The van der Waals surface area contributed by atoms with Gasteiger partial charge < -0.3 is 4.74 Å². The zero-order chi connectivity index (χ0) is 12.1. The second kappa shape index (κ2) is 5.94. The maximum absolute atomic E-state index is 11.9. The van der Waals surface area contributed by atoms with Crippen LogP contribution in [0, 0.1) is 13.8 Å². The van der Waals surface area contributed by atoms with Crippen molar-refractivity contribution in [1.82, 2.24) is 0 Å². The third-order valence-corrected chi connectivity index (χ3v) is 3.13. The number of hydrogen-bond acceptors (Lipinski definition) is 3. The van der Waals surface area contributed by atoms with Gasteiger partial charge in [0.25, 0.3) is 0 Å². The number of aryl methyl sites for hydroxylation is 2. The van der Waals surface area contributed by atoms with Gasteiger partial charge in [-0.1, -0.05) is 0 Å². The van der Waals surface area contributed by atoms with Gasteiger partial charge in [0.05, 0.1) is 7.11 Å². The summed E-state index contributed by atoms with van der Waals surface area (Å²) in [4.78, 5) is 11.9. The van der Waals surface area contributed by atoms with E-state index in [0.29, 0.717) is 6.42 Å². The first-order valence-corrected chi connectivity index (χ1v) is 6.67. The molecule has 0 bridgehead atoms. The number of ether oxygens (including phenoxy) is 1. The Kier molecular flexibility index (Phi) is 4.87. The second-order valence-corrected chi connectivity index (χ2v) is 4.79. The molecule has 1 aromatic rings. The van der Waals surface area contributed by atoms with Gasteiger partial charge in [0.15, 0.2) is 5.78 Å². The molecule has 0 aliphatic carbocycles. The van der Waals surface area contributed by atoms with Gasteiger partial charge in [-0.05, 0) is 43.4 Å². The number of thioether (sulfide) groups is 1. The zero-order valence-corrected chi connectivity index (χ0v) is 11.1. The standard InChI is InChI=1S/C13H18O2S/c1-9-7-11(12(14)5-6-16-4)8-10(2)13(9)15-3/h7-8H,5-6H2,1-4H3. The minimum Gasteiger partial charge on any atom is -0.496 e. The van der Waals surface area contributed by atoms with E-state index in [4.69, 9.17) is 4.74 Å². The van der Waals surface area contributed by atoms with Crippen molar-refractivity contribution in [2.45, 2.75) is 20.3 Å². The summed E-state index contributed by atoms with van der Waals surface area (Å²) in [6.45, 7) is 3.94. The lowest BCUT2D eigenvalue weighted by Crippen LogP contribution is -2.03. The molecule has 2 nitrogen and oxygen atoms in total. The molecule has 3 heteroatoms. The van der Waals surface area contributed by atoms with Gasteiger partial charge in [-0.25, -0.2) is 0 Å². The lowest BCUT2D eigenvalue weighted by Gasteiger charge is -2.10.